The van der Waals surface area contributed by atoms with Crippen molar-refractivity contribution in [3.8, 4) is 0 Å². The van der Waals surface area contributed by atoms with Gasteiger partial charge in [-0.1, -0.05) is 6.92 Å². The monoisotopic (exact) mass is 276 g/mol. The van der Waals surface area contributed by atoms with Gasteiger partial charge in [-0.05, 0) is 31.2 Å². The molecule has 1 saturated heterocycles. The molecule has 3 rings (SSSR count). The first kappa shape index (κ1) is 13.1. The van der Waals surface area contributed by atoms with Crippen LogP contribution in [0.3, 0.4) is 0 Å². The van der Waals surface area contributed by atoms with Gasteiger partial charge in [-0.3, -0.25) is 14.3 Å². The fourth-order valence-corrected chi connectivity index (χ4v) is 2.85. The SMILES string of the molecule is CCC1NC(=O)C(C2CC2)N(Cc2ccn(C)n2)C1=O. The molecule has 0 radical (unpaired) electrons. The van der Waals surface area contributed by atoms with Gasteiger partial charge in [0.2, 0.25) is 11.8 Å². The lowest BCUT2D eigenvalue weighted by atomic mass is 10.0. The number of nitrogens with one attached hydrogen (secondary N) is 1. The summed E-state index contributed by atoms with van der Waals surface area (Å²) in [7, 11) is 1.85. The van der Waals surface area contributed by atoms with Gasteiger partial charge in [0.05, 0.1) is 12.2 Å². The van der Waals surface area contributed by atoms with Crippen LogP contribution in [0.2, 0.25) is 0 Å². The average molecular weight is 276 g/mol. The van der Waals surface area contributed by atoms with Gasteiger partial charge < -0.3 is 10.2 Å². The van der Waals surface area contributed by atoms with Crippen molar-refractivity contribution >= 4 is 11.8 Å². The van der Waals surface area contributed by atoms with Gasteiger partial charge in [0.25, 0.3) is 0 Å². The number of aryl methyl sites for hydroxylation is 1. The van der Waals surface area contributed by atoms with Crippen LogP contribution in [0.15, 0.2) is 12.3 Å². The first-order valence-corrected chi connectivity index (χ1v) is 7.19. The van der Waals surface area contributed by atoms with Gasteiger partial charge in [-0.15, -0.1) is 0 Å². The quantitative estimate of drug-likeness (QED) is 0.867. The van der Waals surface area contributed by atoms with Gasteiger partial charge in [-0.2, -0.15) is 5.10 Å². The number of hydrogen-bond acceptors (Lipinski definition) is 3. The summed E-state index contributed by atoms with van der Waals surface area (Å²) < 4.78 is 1.72. The maximum atomic E-state index is 12.5. The van der Waals surface area contributed by atoms with Gasteiger partial charge in [0, 0.05) is 13.2 Å². The molecule has 2 heterocycles. The first-order chi connectivity index (χ1) is 9.60. The first-order valence-electron chi connectivity index (χ1n) is 7.19. The second-order valence-electron chi connectivity index (χ2n) is 5.70. The molecule has 6 nitrogen and oxygen atoms in total. The Kier molecular flexibility index (Phi) is 3.23. The van der Waals surface area contributed by atoms with Crippen molar-refractivity contribution in [2.45, 2.75) is 44.8 Å². The molecule has 2 unspecified atom stereocenters. The van der Waals surface area contributed by atoms with E-state index in [9.17, 15) is 9.59 Å². The lowest BCUT2D eigenvalue weighted by molar-refractivity contribution is -0.151. The Morgan fingerprint density at radius 3 is 2.70 bits per heavy atom. The normalized spacial score (nSPS) is 26.8. The predicted molar refractivity (Wildman–Crippen MR) is 72.5 cm³/mol. The number of carbonyl (C=O) groups excluding carboxylic acids is 2. The van der Waals surface area contributed by atoms with Crippen molar-refractivity contribution in [2.24, 2.45) is 13.0 Å². The summed E-state index contributed by atoms with van der Waals surface area (Å²) in [6.45, 7) is 2.34. The summed E-state index contributed by atoms with van der Waals surface area (Å²) in [5.41, 5.74) is 0.830. The van der Waals surface area contributed by atoms with E-state index >= 15 is 0 Å². The molecule has 0 bridgehead atoms. The second kappa shape index (κ2) is 4.92. The summed E-state index contributed by atoms with van der Waals surface area (Å²) >= 11 is 0. The molecule has 108 valence electrons. The minimum Gasteiger partial charge on any atom is -0.343 e. The van der Waals surface area contributed by atoms with Crippen LogP contribution in [0.1, 0.15) is 31.9 Å². The predicted octanol–water partition coefficient (Wildman–Crippen LogP) is 0.436. The number of carbonyl (C=O) groups is 2. The number of amides is 2. The minimum absolute atomic E-state index is 0.00474. The minimum atomic E-state index is -0.388. The molecule has 1 N–H and O–H groups in total. The van der Waals surface area contributed by atoms with Gasteiger partial charge in [0.15, 0.2) is 0 Å². The van der Waals surface area contributed by atoms with Crippen LogP contribution in [0.4, 0.5) is 0 Å². The molecule has 1 aliphatic heterocycles. The average Bonchev–Trinajstić information content (AvgIpc) is 3.16. The summed E-state index contributed by atoms with van der Waals surface area (Å²) in [6, 6.07) is 1.19. The Labute approximate surface area is 118 Å². The number of rotatable bonds is 4. The van der Waals surface area contributed by atoms with E-state index in [1.165, 1.54) is 0 Å². The third-order valence-corrected chi connectivity index (χ3v) is 4.08. The van der Waals surface area contributed by atoms with Crippen molar-refractivity contribution in [3.05, 3.63) is 18.0 Å². The van der Waals surface area contributed by atoms with E-state index in [1.54, 1.807) is 9.58 Å². The van der Waals surface area contributed by atoms with Crippen molar-refractivity contribution in [1.29, 1.82) is 0 Å². The van der Waals surface area contributed by atoms with E-state index in [0.717, 1.165) is 18.5 Å². The molecular formula is C14H20N4O2. The number of piperazine rings is 1. The van der Waals surface area contributed by atoms with E-state index in [2.05, 4.69) is 10.4 Å². The van der Waals surface area contributed by atoms with Crippen LogP contribution in [0.5, 0.6) is 0 Å². The van der Waals surface area contributed by atoms with Crippen LogP contribution in [0, 0.1) is 5.92 Å². The zero-order chi connectivity index (χ0) is 14.3. The van der Waals surface area contributed by atoms with Crippen LogP contribution in [0.25, 0.3) is 0 Å². The highest BCUT2D eigenvalue weighted by atomic mass is 16.2. The molecule has 0 spiro atoms. The lowest BCUT2D eigenvalue weighted by Gasteiger charge is -2.38. The molecule has 2 fully saturated rings. The zero-order valence-corrected chi connectivity index (χ0v) is 11.9. The van der Waals surface area contributed by atoms with E-state index < -0.39 is 0 Å². The number of hydrogen-bond donors (Lipinski definition) is 1. The smallest absolute Gasteiger partial charge is 0.246 e. The van der Waals surface area contributed by atoms with Crippen molar-refractivity contribution in [1.82, 2.24) is 20.0 Å². The molecule has 2 atom stereocenters. The maximum absolute atomic E-state index is 12.5. The molecule has 20 heavy (non-hydrogen) atoms. The van der Waals surface area contributed by atoms with Crippen LogP contribution in [-0.4, -0.2) is 38.6 Å². The maximum Gasteiger partial charge on any atom is 0.246 e. The summed E-state index contributed by atoms with van der Waals surface area (Å²) in [4.78, 5) is 26.5. The largest absolute Gasteiger partial charge is 0.343 e. The number of aromatic nitrogens is 2. The van der Waals surface area contributed by atoms with Gasteiger partial charge in [0.1, 0.15) is 12.1 Å². The highest BCUT2D eigenvalue weighted by Crippen LogP contribution is 2.37. The fourth-order valence-electron chi connectivity index (χ4n) is 2.85. The van der Waals surface area contributed by atoms with E-state index in [0.29, 0.717) is 18.9 Å². The summed E-state index contributed by atoms with van der Waals surface area (Å²) in [6.07, 6.45) is 4.54. The fraction of sp³-hybridized carbons (Fsp3) is 0.643. The molecule has 1 aromatic heterocycles. The highest BCUT2D eigenvalue weighted by molar-refractivity contribution is 5.97. The molecule has 1 saturated carbocycles. The Morgan fingerprint density at radius 1 is 1.40 bits per heavy atom. The Morgan fingerprint density at radius 2 is 2.15 bits per heavy atom. The molecule has 2 aliphatic rings. The molecule has 6 heteroatoms. The van der Waals surface area contributed by atoms with Gasteiger partial charge in [-0.25, -0.2) is 0 Å². The number of nitrogens with zero attached hydrogens (tertiary/aromatic N) is 3. The van der Waals surface area contributed by atoms with Crippen molar-refractivity contribution in [2.75, 3.05) is 0 Å². The van der Waals surface area contributed by atoms with Gasteiger partial charge >= 0.3 is 0 Å². The molecule has 1 aromatic rings. The van der Waals surface area contributed by atoms with E-state index in [-0.39, 0.29) is 23.9 Å². The summed E-state index contributed by atoms with van der Waals surface area (Å²) in [5, 5.41) is 7.17. The molecular weight excluding hydrogens is 256 g/mol. The third-order valence-electron chi connectivity index (χ3n) is 4.08. The van der Waals surface area contributed by atoms with Crippen molar-refractivity contribution < 1.29 is 9.59 Å². The third kappa shape index (κ3) is 2.30. The molecule has 0 aromatic carbocycles. The summed E-state index contributed by atoms with van der Waals surface area (Å²) in [5.74, 6) is 0.338. The van der Waals surface area contributed by atoms with E-state index in [4.69, 9.17) is 0 Å². The van der Waals surface area contributed by atoms with Crippen LogP contribution in [-0.2, 0) is 23.2 Å². The Bertz CT molecular complexity index is 535. The van der Waals surface area contributed by atoms with Crippen LogP contribution < -0.4 is 5.32 Å². The second-order valence-corrected chi connectivity index (χ2v) is 5.70. The molecule has 2 amide bonds. The lowest BCUT2D eigenvalue weighted by Crippen LogP contribution is -2.63. The van der Waals surface area contributed by atoms with E-state index in [1.807, 2.05) is 26.2 Å². The highest BCUT2D eigenvalue weighted by Gasteiger charge is 2.47. The Balaban J connectivity index is 1.85. The zero-order valence-electron chi connectivity index (χ0n) is 11.9. The van der Waals surface area contributed by atoms with Crippen molar-refractivity contribution in [3.63, 3.8) is 0 Å². The van der Waals surface area contributed by atoms with Crippen LogP contribution >= 0.6 is 0 Å². The topological polar surface area (TPSA) is 67.2 Å². The standard InChI is InChI=1S/C14H20N4O2/c1-3-11-14(20)18(8-10-6-7-17(2)16-10)12(9-4-5-9)13(19)15-11/h6-7,9,11-12H,3-5,8H2,1-2H3,(H,15,19). The molecule has 1 aliphatic carbocycles. The Hall–Kier alpha value is -1.85.